The first-order valence-electron chi connectivity index (χ1n) is 9.96. The number of morpholine rings is 1. The van der Waals surface area contributed by atoms with Crippen LogP contribution in [-0.2, 0) is 4.74 Å². The highest BCUT2D eigenvalue weighted by molar-refractivity contribution is 5.79. The van der Waals surface area contributed by atoms with Gasteiger partial charge in [-0.15, -0.1) is 0 Å². The second kappa shape index (κ2) is 13.5. The minimum absolute atomic E-state index is 0.481. The van der Waals surface area contributed by atoms with Gasteiger partial charge < -0.3 is 15.4 Å². The van der Waals surface area contributed by atoms with Crippen molar-refractivity contribution in [3.8, 4) is 0 Å². The number of hydrogen-bond donors (Lipinski definition) is 2. The van der Waals surface area contributed by atoms with Crippen molar-refractivity contribution in [1.82, 2.24) is 15.5 Å². The Morgan fingerprint density at radius 3 is 2.50 bits per heavy atom. The van der Waals surface area contributed by atoms with E-state index in [1.165, 1.54) is 32.2 Å². The fourth-order valence-corrected chi connectivity index (χ4v) is 2.92. The van der Waals surface area contributed by atoms with E-state index in [0.717, 1.165) is 57.7 Å². The molecular weight excluding hydrogens is 300 g/mol. The number of rotatable bonds is 11. The van der Waals surface area contributed by atoms with Crippen LogP contribution >= 0.6 is 0 Å². The average molecular weight is 341 g/mol. The van der Waals surface area contributed by atoms with E-state index >= 15 is 0 Å². The summed E-state index contributed by atoms with van der Waals surface area (Å²) in [6, 6.07) is 0.481. The second-order valence-corrected chi connectivity index (χ2v) is 7.29. The van der Waals surface area contributed by atoms with Gasteiger partial charge in [-0.1, -0.05) is 26.7 Å². The Kier molecular flexibility index (Phi) is 11.9. The van der Waals surface area contributed by atoms with Gasteiger partial charge >= 0.3 is 0 Å². The molecule has 1 aliphatic heterocycles. The van der Waals surface area contributed by atoms with Gasteiger partial charge in [0.2, 0.25) is 0 Å². The fourth-order valence-electron chi connectivity index (χ4n) is 2.92. The highest BCUT2D eigenvalue weighted by Crippen LogP contribution is 2.08. The molecule has 5 heteroatoms. The lowest BCUT2D eigenvalue weighted by atomic mass is 10.0. The van der Waals surface area contributed by atoms with E-state index in [1.807, 2.05) is 0 Å². The molecule has 0 bridgehead atoms. The molecule has 0 radical (unpaired) electrons. The topological polar surface area (TPSA) is 48.9 Å². The summed E-state index contributed by atoms with van der Waals surface area (Å²) < 4.78 is 5.38. The van der Waals surface area contributed by atoms with Gasteiger partial charge in [0.1, 0.15) is 0 Å². The third-order valence-electron chi connectivity index (χ3n) is 4.40. The largest absolute Gasteiger partial charge is 0.379 e. The molecule has 1 rings (SSSR count). The maximum Gasteiger partial charge on any atom is 0.191 e. The summed E-state index contributed by atoms with van der Waals surface area (Å²) in [6.45, 7) is 15.9. The predicted molar refractivity (Wildman–Crippen MR) is 104 cm³/mol. The van der Waals surface area contributed by atoms with Crippen molar-refractivity contribution in [2.75, 3.05) is 45.9 Å². The summed E-state index contributed by atoms with van der Waals surface area (Å²) in [6.07, 6.45) is 6.16. The second-order valence-electron chi connectivity index (χ2n) is 7.29. The van der Waals surface area contributed by atoms with Gasteiger partial charge in [-0.2, -0.15) is 0 Å². The molecule has 1 heterocycles. The Morgan fingerprint density at radius 2 is 1.83 bits per heavy atom. The SMILES string of the molecule is CCNC(=NCCCCN1CCOCC1)NC(C)CCCC(C)C. The first-order chi connectivity index (χ1) is 11.6. The van der Waals surface area contributed by atoms with E-state index in [1.54, 1.807) is 0 Å². The van der Waals surface area contributed by atoms with Gasteiger partial charge in [0, 0.05) is 32.2 Å². The fraction of sp³-hybridized carbons (Fsp3) is 0.947. The molecule has 0 aromatic carbocycles. The predicted octanol–water partition coefficient (Wildman–Crippen LogP) is 2.87. The van der Waals surface area contributed by atoms with Crippen LogP contribution in [0.15, 0.2) is 4.99 Å². The number of guanidine groups is 1. The van der Waals surface area contributed by atoms with Crippen molar-refractivity contribution in [2.45, 2.75) is 65.8 Å². The van der Waals surface area contributed by atoms with Gasteiger partial charge in [0.25, 0.3) is 0 Å². The van der Waals surface area contributed by atoms with E-state index in [9.17, 15) is 0 Å². The molecule has 1 fully saturated rings. The van der Waals surface area contributed by atoms with E-state index < -0.39 is 0 Å². The lowest BCUT2D eigenvalue weighted by Gasteiger charge is -2.26. The molecule has 0 amide bonds. The smallest absolute Gasteiger partial charge is 0.191 e. The molecule has 0 aromatic heterocycles. The Hall–Kier alpha value is -0.810. The summed E-state index contributed by atoms with van der Waals surface area (Å²) in [5.41, 5.74) is 0. The van der Waals surface area contributed by atoms with Gasteiger partial charge in [-0.3, -0.25) is 9.89 Å². The summed E-state index contributed by atoms with van der Waals surface area (Å²) >= 11 is 0. The molecule has 24 heavy (non-hydrogen) atoms. The average Bonchev–Trinajstić information content (AvgIpc) is 2.55. The van der Waals surface area contributed by atoms with Crippen LogP contribution < -0.4 is 10.6 Å². The monoisotopic (exact) mass is 340 g/mol. The van der Waals surface area contributed by atoms with Crippen molar-refractivity contribution in [2.24, 2.45) is 10.9 Å². The zero-order valence-electron chi connectivity index (χ0n) is 16.4. The number of aliphatic imine (C=N–C) groups is 1. The van der Waals surface area contributed by atoms with Crippen molar-refractivity contribution in [3.63, 3.8) is 0 Å². The Balaban J connectivity index is 2.18. The van der Waals surface area contributed by atoms with Gasteiger partial charge in [0.05, 0.1) is 13.2 Å². The van der Waals surface area contributed by atoms with Crippen LogP contribution in [0, 0.1) is 5.92 Å². The molecule has 2 N–H and O–H groups in total. The van der Waals surface area contributed by atoms with Crippen LogP contribution in [0.5, 0.6) is 0 Å². The van der Waals surface area contributed by atoms with E-state index in [0.29, 0.717) is 6.04 Å². The molecule has 1 atom stereocenters. The van der Waals surface area contributed by atoms with Crippen molar-refractivity contribution in [1.29, 1.82) is 0 Å². The van der Waals surface area contributed by atoms with Crippen molar-refractivity contribution >= 4 is 5.96 Å². The quantitative estimate of drug-likeness (QED) is 0.345. The molecule has 0 spiro atoms. The zero-order valence-corrected chi connectivity index (χ0v) is 16.4. The van der Waals surface area contributed by atoms with Gasteiger partial charge in [-0.25, -0.2) is 0 Å². The molecule has 142 valence electrons. The van der Waals surface area contributed by atoms with E-state index in [2.05, 4.69) is 43.2 Å². The van der Waals surface area contributed by atoms with Gasteiger partial charge in [0.15, 0.2) is 5.96 Å². The molecule has 1 saturated heterocycles. The molecular formula is C19H40N4O. The Labute approximate surface area is 149 Å². The number of unbranched alkanes of at least 4 members (excludes halogenated alkanes) is 1. The van der Waals surface area contributed by atoms with Crippen LogP contribution in [0.3, 0.4) is 0 Å². The number of ether oxygens (including phenoxy) is 1. The molecule has 5 nitrogen and oxygen atoms in total. The lowest BCUT2D eigenvalue weighted by molar-refractivity contribution is 0.0373. The normalized spacial score (nSPS) is 18.0. The summed E-state index contributed by atoms with van der Waals surface area (Å²) in [7, 11) is 0. The minimum atomic E-state index is 0.481. The van der Waals surface area contributed by atoms with Crippen LogP contribution in [0.25, 0.3) is 0 Å². The Bertz CT molecular complexity index is 327. The van der Waals surface area contributed by atoms with Crippen LogP contribution in [-0.4, -0.2) is 62.8 Å². The molecule has 0 saturated carbocycles. The number of hydrogen-bond acceptors (Lipinski definition) is 3. The van der Waals surface area contributed by atoms with Gasteiger partial charge in [-0.05, 0) is 45.6 Å². The number of nitrogens with zero attached hydrogens (tertiary/aromatic N) is 2. The standard InChI is InChI=1S/C19H40N4O/c1-5-20-19(22-18(4)10-8-9-17(2)3)21-11-6-7-12-23-13-15-24-16-14-23/h17-18H,5-16H2,1-4H3,(H2,20,21,22). The first-order valence-corrected chi connectivity index (χ1v) is 9.96. The molecule has 0 aliphatic carbocycles. The number of nitrogens with one attached hydrogen (secondary N) is 2. The summed E-state index contributed by atoms with van der Waals surface area (Å²) in [5, 5.41) is 6.91. The van der Waals surface area contributed by atoms with E-state index in [4.69, 9.17) is 9.73 Å². The van der Waals surface area contributed by atoms with Crippen LogP contribution in [0.4, 0.5) is 0 Å². The van der Waals surface area contributed by atoms with Crippen molar-refractivity contribution < 1.29 is 4.74 Å². The third-order valence-corrected chi connectivity index (χ3v) is 4.40. The Morgan fingerprint density at radius 1 is 1.08 bits per heavy atom. The highest BCUT2D eigenvalue weighted by Gasteiger charge is 2.09. The first kappa shape index (κ1) is 21.2. The zero-order chi connectivity index (χ0) is 17.6. The minimum Gasteiger partial charge on any atom is -0.379 e. The van der Waals surface area contributed by atoms with E-state index in [-0.39, 0.29) is 0 Å². The molecule has 1 aliphatic rings. The van der Waals surface area contributed by atoms with Crippen LogP contribution in [0.1, 0.15) is 59.8 Å². The molecule has 0 aromatic rings. The summed E-state index contributed by atoms with van der Waals surface area (Å²) in [4.78, 5) is 7.22. The maximum absolute atomic E-state index is 5.38. The maximum atomic E-state index is 5.38. The van der Waals surface area contributed by atoms with Crippen LogP contribution in [0.2, 0.25) is 0 Å². The highest BCUT2D eigenvalue weighted by atomic mass is 16.5. The third kappa shape index (κ3) is 10.9. The van der Waals surface area contributed by atoms with Crippen molar-refractivity contribution in [3.05, 3.63) is 0 Å². The molecule has 1 unspecified atom stereocenters. The summed E-state index contributed by atoms with van der Waals surface area (Å²) in [5.74, 6) is 1.77. The lowest BCUT2D eigenvalue weighted by Crippen LogP contribution is -2.42.